The Kier molecular flexibility index (Phi) is 6.05. The molecule has 0 aliphatic carbocycles. The van der Waals surface area contributed by atoms with E-state index in [1.54, 1.807) is 12.1 Å². The number of hydrogen-bond donors (Lipinski definition) is 2. The Labute approximate surface area is 145 Å². The molecule has 25 heavy (non-hydrogen) atoms. The molecular weight excluding hydrogens is 325 g/mol. The van der Waals surface area contributed by atoms with Gasteiger partial charge in [-0.05, 0) is 36.2 Å². The first-order valence-corrected chi connectivity index (χ1v) is 7.78. The number of aromatic nitrogens is 1. The number of nitrogens with one attached hydrogen (secondary N) is 2. The lowest BCUT2D eigenvalue weighted by Crippen LogP contribution is -2.47. The molecular formula is C18H20FN3O3. The van der Waals surface area contributed by atoms with Crippen LogP contribution in [0.3, 0.4) is 0 Å². The number of benzene rings is 1. The quantitative estimate of drug-likeness (QED) is 0.843. The summed E-state index contributed by atoms with van der Waals surface area (Å²) >= 11 is 0. The van der Waals surface area contributed by atoms with Crippen molar-refractivity contribution in [2.24, 2.45) is 5.92 Å². The molecule has 0 saturated heterocycles. The number of halogens is 1. The Hall–Kier alpha value is -2.96. The molecule has 0 spiro atoms. The van der Waals surface area contributed by atoms with Crippen LogP contribution in [0.1, 0.15) is 24.2 Å². The number of carbonyl (C=O) groups is 2. The number of ether oxygens (including phenoxy) is 1. The zero-order chi connectivity index (χ0) is 18.4. The molecule has 0 aliphatic rings. The maximum absolute atomic E-state index is 13.0. The van der Waals surface area contributed by atoms with E-state index in [9.17, 15) is 14.0 Å². The molecule has 1 heterocycles. The second-order valence-corrected chi connectivity index (χ2v) is 5.78. The summed E-state index contributed by atoms with van der Waals surface area (Å²) in [7, 11) is 1.50. The van der Waals surface area contributed by atoms with E-state index in [0.29, 0.717) is 11.6 Å². The number of pyridine rings is 1. The van der Waals surface area contributed by atoms with Gasteiger partial charge in [-0.1, -0.05) is 13.8 Å². The van der Waals surface area contributed by atoms with Crippen LogP contribution in [-0.2, 0) is 4.79 Å². The van der Waals surface area contributed by atoms with Crippen LogP contribution in [0.25, 0.3) is 0 Å². The van der Waals surface area contributed by atoms with Crippen LogP contribution >= 0.6 is 0 Å². The van der Waals surface area contributed by atoms with Gasteiger partial charge >= 0.3 is 0 Å². The fraction of sp³-hybridized carbons (Fsp3) is 0.278. The molecule has 0 bridgehead atoms. The number of hydrogen-bond acceptors (Lipinski definition) is 4. The minimum Gasteiger partial charge on any atom is -0.481 e. The Bertz CT molecular complexity index is 730. The summed E-state index contributed by atoms with van der Waals surface area (Å²) < 4.78 is 17.9. The topological polar surface area (TPSA) is 80.3 Å². The summed E-state index contributed by atoms with van der Waals surface area (Å²) in [5.74, 6) is -0.945. The van der Waals surface area contributed by atoms with Crippen molar-refractivity contribution in [2.75, 3.05) is 12.4 Å². The molecule has 0 unspecified atom stereocenters. The van der Waals surface area contributed by atoms with Gasteiger partial charge in [0.2, 0.25) is 11.8 Å². The van der Waals surface area contributed by atoms with Gasteiger partial charge in [0.15, 0.2) is 0 Å². The van der Waals surface area contributed by atoms with Crippen molar-refractivity contribution in [3.63, 3.8) is 0 Å². The van der Waals surface area contributed by atoms with Crippen molar-refractivity contribution in [1.82, 2.24) is 10.3 Å². The highest BCUT2D eigenvalue weighted by Crippen LogP contribution is 2.13. The molecule has 2 rings (SSSR count). The molecule has 132 valence electrons. The number of nitrogens with zero attached hydrogens (tertiary/aromatic N) is 1. The number of carbonyl (C=O) groups excluding carboxylic acids is 2. The number of methoxy groups -OCH3 is 1. The minimum atomic E-state index is -0.750. The fourth-order valence-electron chi connectivity index (χ4n) is 2.16. The highest BCUT2D eigenvalue weighted by atomic mass is 19.1. The van der Waals surface area contributed by atoms with Gasteiger partial charge in [0.25, 0.3) is 5.91 Å². The Morgan fingerprint density at radius 2 is 1.80 bits per heavy atom. The SMILES string of the molecule is COc1ccc(NC(=O)[C@H](NC(=O)c2ccc(F)cc2)C(C)C)cn1. The lowest BCUT2D eigenvalue weighted by atomic mass is 10.0. The maximum atomic E-state index is 13.0. The summed E-state index contributed by atoms with van der Waals surface area (Å²) in [5, 5.41) is 5.39. The van der Waals surface area contributed by atoms with E-state index in [1.807, 2.05) is 13.8 Å². The number of amides is 2. The van der Waals surface area contributed by atoms with Gasteiger partial charge in [0, 0.05) is 11.6 Å². The van der Waals surface area contributed by atoms with Crippen LogP contribution in [-0.4, -0.2) is 29.9 Å². The smallest absolute Gasteiger partial charge is 0.251 e. The van der Waals surface area contributed by atoms with Crippen LogP contribution < -0.4 is 15.4 Å². The molecule has 1 aromatic heterocycles. The van der Waals surface area contributed by atoms with Crippen LogP contribution in [0.2, 0.25) is 0 Å². The van der Waals surface area contributed by atoms with E-state index < -0.39 is 17.8 Å². The predicted molar refractivity (Wildman–Crippen MR) is 91.9 cm³/mol. The molecule has 0 radical (unpaired) electrons. The van der Waals surface area contributed by atoms with Gasteiger partial charge in [0.05, 0.1) is 19.0 Å². The molecule has 1 aromatic carbocycles. The van der Waals surface area contributed by atoms with Crippen molar-refractivity contribution in [2.45, 2.75) is 19.9 Å². The first-order chi connectivity index (χ1) is 11.9. The van der Waals surface area contributed by atoms with Crippen LogP contribution in [0.4, 0.5) is 10.1 Å². The lowest BCUT2D eigenvalue weighted by Gasteiger charge is -2.21. The highest BCUT2D eigenvalue weighted by Gasteiger charge is 2.25. The van der Waals surface area contributed by atoms with E-state index >= 15 is 0 Å². The Balaban J connectivity index is 2.06. The summed E-state index contributed by atoms with van der Waals surface area (Å²) in [6.45, 7) is 3.64. The molecule has 2 N–H and O–H groups in total. The molecule has 1 atom stereocenters. The summed E-state index contributed by atoms with van der Waals surface area (Å²) in [5.41, 5.74) is 0.776. The van der Waals surface area contributed by atoms with Crippen molar-refractivity contribution in [1.29, 1.82) is 0 Å². The van der Waals surface area contributed by atoms with E-state index in [0.717, 1.165) is 0 Å². The molecule has 2 amide bonds. The second-order valence-electron chi connectivity index (χ2n) is 5.78. The monoisotopic (exact) mass is 345 g/mol. The van der Waals surface area contributed by atoms with Crippen LogP contribution in [0.5, 0.6) is 5.88 Å². The second kappa shape index (κ2) is 8.23. The third-order valence-electron chi connectivity index (χ3n) is 3.56. The minimum absolute atomic E-state index is 0.143. The van der Waals surface area contributed by atoms with Gasteiger partial charge in [-0.3, -0.25) is 9.59 Å². The van der Waals surface area contributed by atoms with Crippen molar-refractivity contribution < 1.29 is 18.7 Å². The number of anilines is 1. The van der Waals surface area contributed by atoms with Crippen LogP contribution in [0, 0.1) is 11.7 Å². The van der Waals surface area contributed by atoms with Crippen molar-refractivity contribution in [3.05, 3.63) is 54.0 Å². The molecule has 7 heteroatoms. The summed E-state index contributed by atoms with van der Waals surface area (Å²) in [6.07, 6.45) is 1.47. The molecule has 0 aliphatic heterocycles. The molecule has 0 saturated carbocycles. The van der Waals surface area contributed by atoms with E-state index in [4.69, 9.17) is 4.74 Å². The predicted octanol–water partition coefficient (Wildman–Crippen LogP) is 2.62. The average molecular weight is 345 g/mol. The molecule has 6 nitrogen and oxygen atoms in total. The van der Waals surface area contributed by atoms with Gasteiger partial charge in [-0.25, -0.2) is 9.37 Å². The average Bonchev–Trinajstić information content (AvgIpc) is 2.60. The summed E-state index contributed by atoms with van der Waals surface area (Å²) in [4.78, 5) is 28.8. The number of rotatable bonds is 6. The van der Waals surface area contributed by atoms with E-state index in [-0.39, 0.29) is 17.4 Å². The lowest BCUT2D eigenvalue weighted by molar-refractivity contribution is -0.118. The Morgan fingerprint density at radius 3 is 2.32 bits per heavy atom. The zero-order valence-electron chi connectivity index (χ0n) is 14.2. The first-order valence-electron chi connectivity index (χ1n) is 7.78. The van der Waals surface area contributed by atoms with Gasteiger partial charge < -0.3 is 15.4 Å². The fourth-order valence-corrected chi connectivity index (χ4v) is 2.16. The van der Waals surface area contributed by atoms with Crippen molar-refractivity contribution >= 4 is 17.5 Å². The van der Waals surface area contributed by atoms with Gasteiger partial charge in [0.1, 0.15) is 11.9 Å². The van der Waals surface area contributed by atoms with Crippen LogP contribution in [0.15, 0.2) is 42.6 Å². The largest absolute Gasteiger partial charge is 0.481 e. The third kappa shape index (κ3) is 5.00. The van der Waals surface area contributed by atoms with E-state index in [2.05, 4.69) is 15.6 Å². The van der Waals surface area contributed by atoms with Gasteiger partial charge in [-0.2, -0.15) is 0 Å². The van der Waals surface area contributed by atoms with Gasteiger partial charge in [-0.15, -0.1) is 0 Å². The maximum Gasteiger partial charge on any atom is 0.251 e. The van der Waals surface area contributed by atoms with Crippen molar-refractivity contribution in [3.8, 4) is 5.88 Å². The molecule has 0 fully saturated rings. The Morgan fingerprint density at radius 1 is 1.12 bits per heavy atom. The normalized spacial score (nSPS) is 11.7. The molecule has 2 aromatic rings. The summed E-state index contributed by atoms with van der Waals surface area (Å²) in [6, 6.07) is 7.66. The first kappa shape index (κ1) is 18.4. The van der Waals surface area contributed by atoms with E-state index in [1.165, 1.54) is 37.6 Å². The standard InChI is InChI=1S/C18H20FN3O3/c1-11(2)16(22-17(23)12-4-6-13(19)7-5-12)18(24)21-14-8-9-15(25-3)20-10-14/h4-11,16H,1-3H3,(H,21,24)(H,22,23)/t16-/m1/s1. The zero-order valence-corrected chi connectivity index (χ0v) is 14.2. The third-order valence-corrected chi connectivity index (χ3v) is 3.56. The highest BCUT2D eigenvalue weighted by molar-refractivity contribution is 6.01.